The van der Waals surface area contributed by atoms with Crippen LogP contribution in [0.5, 0.6) is 5.75 Å². The number of nitrogen functional groups attached to an aromatic ring is 1. The van der Waals surface area contributed by atoms with Crippen molar-refractivity contribution in [2.24, 2.45) is 0 Å². The van der Waals surface area contributed by atoms with E-state index in [2.05, 4.69) is 6.92 Å². The summed E-state index contributed by atoms with van der Waals surface area (Å²) in [5, 5.41) is 0. The van der Waals surface area contributed by atoms with Gasteiger partial charge in [-0.25, -0.2) is 0 Å². The zero-order chi connectivity index (χ0) is 11.5. The maximum absolute atomic E-state index is 5.45. The summed E-state index contributed by atoms with van der Waals surface area (Å²) in [7, 11) is 1.62. The predicted molar refractivity (Wildman–Crippen MR) is 67.7 cm³/mol. The van der Waals surface area contributed by atoms with Crippen LogP contribution in [0.2, 0.25) is 0 Å². The molecule has 0 aliphatic rings. The Labute approximate surface area is 97.4 Å². The molecule has 0 bridgehead atoms. The maximum atomic E-state index is 5.45. The van der Waals surface area contributed by atoms with Crippen LogP contribution >= 0.6 is 11.6 Å². The molecule has 0 saturated heterocycles. The van der Waals surface area contributed by atoms with Gasteiger partial charge in [-0.3, -0.25) is 0 Å². The van der Waals surface area contributed by atoms with E-state index in [0.717, 1.165) is 17.3 Å². The number of hydrogen-bond acceptors (Lipinski definition) is 2. The van der Waals surface area contributed by atoms with E-state index in [0.29, 0.717) is 0 Å². The molecule has 0 spiro atoms. The Morgan fingerprint density at radius 1 is 1.33 bits per heavy atom. The Balaban J connectivity index is 0.000000288. The van der Waals surface area contributed by atoms with Crippen LogP contribution in [0.25, 0.3) is 0 Å². The highest BCUT2D eigenvalue weighted by Gasteiger charge is 1.87. The largest absolute Gasteiger partial charge is 0.497 e. The molecule has 0 heterocycles. The van der Waals surface area contributed by atoms with Gasteiger partial charge in [0.15, 0.2) is 0 Å². The van der Waals surface area contributed by atoms with Crippen LogP contribution in [0.4, 0.5) is 5.69 Å². The molecule has 0 aliphatic heterocycles. The smallest absolute Gasteiger partial charge is 0.120 e. The first-order valence-electron chi connectivity index (χ1n) is 5.20. The number of rotatable bonds is 4. The normalized spacial score (nSPS) is 9.00. The molecule has 0 aliphatic carbocycles. The second-order valence-corrected chi connectivity index (χ2v) is 3.55. The lowest BCUT2D eigenvalue weighted by Crippen LogP contribution is -1.86. The minimum absolute atomic E-state index is 0.731. The van der Waals surface area contributed by atoms with Crippen molar-refractivity contribution in [1.82, 2.24) is 0 Å². The molecular weight excluding hydrogens is 210 g/mol. The van der Waals surface area contributed by atoms with E-state index in [1.54, 1.807) is 13.2 Å². The van der Waals surface area contributed by atoms with E-state index >= 15 is 0 Å². The highest BCUT2D eigenvalue weighted by atomic mass is 35.5. The molecule has 1 aromatic carbocycles. The number of halogens is 1. The highest BCUT2D eigenvalue weighted by Crippen LogP contribution is 2.12. The topological polar surface area (TPSA) is 35.2 Å². The fraction of sp³-hybridized carbons (Fsp3) is 0.500. The van der Waals surface area contributed by atoms with Crippen LogP contribution in [-0.2, 0) is 0 Å². The Hall–Kier alpha value is -0.890. The van der Waals surface area contributed by atoms with Crippen LogP contribution in [-0.4, -0.2) is 13.0 Å². The second-order valence-electron chi connectivity index (χ2n) is 3.17. The van der Waals surface area contributed by atoms with E-state index in [9.17, 15) is 0 Å². The minimum atomic E-state index is 0.731. The summed E-state index contributed by atoms with van der Waals surface area (Å²) in [6.07, 6.45) is 3.73. The van der Waals surface area contributed by atoms with Gasteiger partial charge in [-0.1, -0.05) is 25.8 Å². The molecule has 3 heteroatoms. The van der Waals surface area contributed by atoms with E-state index in [1.165, 1.54) is 19.3 Å². The van der Waals surface area contributed by atoms with E-state index < -0.39 is 0 Å². The van der Waals surface area contributed by atoms with Crippen LogP contribution in [0.3, 0.4) is 0 Å². The first kappa shape index (κ1) is 14.1. The van der Waals surface area contributed by atoms with Crippen molar-refractivity contribution in [2.45, 2.75) is 26.2 Å². The number of methoxy groups -OCH3 is 1. The molecule has 0 fully saturated rings. The zero-order valence-electron chi connectivity index (χ0n) is 9.50. The highest BCUT2D eigenvalue weighted by molar-refractivity contribution is 6.17. The standard InChI is InChI=1S/C7H9NO.C5H11Cl/c1-9-7-4-2-3-6(8)5-7;1-2-3-4-5-6/h2-5H,8H2,1H3;2-5H2,1H3. The van der Waals surface area contributed by atoms with Gasteiger partial charge in [-0.15, -0.1) is 11.6 Å². The molecular formula is C12H20ClNO. The van der Waals surface area contributed by atoms with Gasteiger partial charge in [0.25, 0.3) is 0 Å². The number of ether oxygens (including phenoxy) is 1. The molecule has 0 amide bonds. The van der Waals surface area contributed by atoms with Crippen molar-refractivity contribution in [2.75, 3.05) is 18.7 Å². The third kappa shape index (κ3) is 8.13. The van der Waals surface area contributed by atoms with Gasteiger partial charge >= 0.3 is 0 Å². The molecule has 1 rings (SSSR count). The molecule has 86 valence electrons. The number of nitrogens with two attached hydrogens (primary N) is 1. The molecule has 2 nitrogen and oxygen atoms in total. The molecule has 0 aromatic heterocycles. The first-order chi connectivity index (χ1) is 7.24. The van der Waals surface area contributed by atoms with Crippen LogP contribution in [0.1, 0.15) is 26.2 Å². The molecule has 2 N–H and O–H groups in total. The van der Waals surface area contributed by atoms with Gasteiger partial charge in [0.1, 0.15) is 5.75 Å². The van der Waals surface area contributed by atoms with E-state index in [-0.39, 0.29) is 0 Å². The average molecular weight is 230 g/mol. The lowest BCUT2D eigenvalue weighted by Gasteiger charge is -1.97. The summed E-state index contributed by atoms with van der Waals surface area (Å²) in [6, 6.07) is 7.31. The quantitative estimate of drug-likeness (QED) is 0.486. The zero-order valence-corrected chi connectivity index (χ0v) is 10.3. The first-order valence-corrected chi connectivity index (χ1v) is 5.73. The molecule has 0 atom stereocenters. The van der Waals surface area contributed by atoms with Gasteiger partial charge < -0.3 is 10.5 Å². The monoisotopic (exact) mass is 229 g/mol. The Morgan fingerprint density at radius 2 is 2.07 bits per heavy atom. The number of alkyl halides is 1. The maximum Gasteiger partial charge on any atom is 0.120 e. The third-order valence-electron chi connectivity index (χ3n) is 1.83. The van der Waals surface area contributed by atoms with Crippen molar-refractivity contribution in [3.63, 3.8) is 0 Å². The summed E-state index contributed by atoms with van der Waals surface area (Å²) in [5.41, 5.74) is 6.19. The average Bonchev–Trinajstić information content (AvgIpc) is 2.27. The number of anilines is 1. The SMILES string of the molecule is CCCCCCl.COc1cccc(N)c1. The predicted octanol–water partition coefficient (Wildman–Crippen LogP) is 3.69. The van der Waals surface area contributed by atoms with Crippen molar-refractivity contribution in [3.05, 3.63) is 24.3 Å². The number of unbranched alkanes of at least 4 members (excludes halogenated alkanes) is 2. The third-order valence-corrected chi connectivity index (χ3v) is 2.10. The fourth-order valence-electron chi connectivity index (χ4n) is 0.986. The number of benzene rings is 1. The van der Waals surface area contributed by atoms with E-state index in [4.69, 9.17) is 22.1 Å². The Kier molecular flexibility index (Phi) is 9.08. The molecule has 0 unspecified atom stereocenters. The lowest BCUT2D eigenvalue weighted by molar-refractivity contribution is 0.415. The summed E-state index contributed by atoms with van der Waals surface area (Å²) < 4.78 is 4.92. The number of hydrogen-bond donors (Lipinski definition) is 1. The van der Waals surface area contributed by atoms with Crippen LogP contribution in [0.15, 0.2) is 24.3 Å². The molecule has 0 radical (unpaired) electrons. The molecule has 15 heavy (non-hydrogen) atoms. The minimum Gasteiger partial charge on any atom is -0.497 e. The summed E-state index contributed by atoms with van der Waals surface area (Å²) in [4.78, 5) is 0. The van der Waals surface area contributed by atoms with Gasteiger partial charge in [0.05, 0.1) is 7.11 Å². The van der Waals surface area contributed by atoms with Crippen molar-refractivity contribution < 1.29 is 4.74 Å². The summed E-state index contributed by atoms with van der Waals surface area (Å²) in [5.74, 6) is 1.63. The van der Waals surface area contributed by atoms with E-state index in [1.807, 2.05) is 18.2 Å². The fourth-order valence-corrected chi connectivity index (χ4v) is 1.17. The van der Waals surface area contributed by atoms with Crippen LogP contribution in [0, 0.1) is 0 Å². The van der Waals surface area contributed by atoms with Gasteiger partial charge in [0, 0.05) is 17.6 Å². The van der Waals surface area contributed by atoms with Crippen LogP contribution < -0.4 is 10.5 Å². The van der Waals surface area contributed by atoms with Crippen molar-refractivity contribution >= 4 is 17.3 Å². The summed E-state index contributed by atoms with van der Waals surface area (Å²) in [6.45, 7) is 2.17. The molecule has 1 aromatic rings. The van der Waals surface area contributed by atoms with Crippen molar-refractivity contribution in [3.8, 4) is 5.75 Å². The van der Waals surface area contributed by atoms with Gasteiger partial charge in [-0.05, 0) is 18.6 Å². The molecule has 0 saturated carbocycles. The Bertz CT molecular complexity index is 249. The summed E-state index contributed by atoms with van der Waals surface area (Å²) >= 11 is 5.38. The van der Waals surface area contributed by atoms with Crippen molar-refractivity contribution in [1.29, 1.82) is 0 Å². The van der Waals surface area contributed by atoms with Gasteiger partial charge in [-0.2, -0.15) is 0 Å². The second kappa shape index (κ2) is 9.66. The Morgan fingerprint density at radius 3 is 2.40 bits per heavy atom. The lowest BCUT2D eigenvalue weighted by atomic mass is 10.3. The van der Waals surface area contributed by atoms with Gasteiger partial charge in [0.2, 0.25) is 0 Å².